The zero-order valence-electron chi connectivity index (χ0n) is 19.1. The van der Waals surface area contributed by atoms with E-state index in [0.717, 1.165) is 26.7 Å². The van der Waals surface area contributed by atoms with Crippen LogP contribution in [0, 0.1) is 0 Å². The molecule has 180 valence electrons. The number of thiophene rings is 1. The number of likely N-dealkylation sites (N-methyl/N-ethyl adjacent to an activating group) is 1. The average Bonchev–Trinajstić information content (AvgIpc) is 3.55. The van der Waals surface area contributed by atoms with Crippen LogP contribution in [0.2, 0.25) is 0 Å². The molecular weight excluding hydrogens is 480 g/mol. The Bertz CT molecular complexity index is 1260. The van der Waals surface area contributed by atoms with Crippen molar-refractivity contribution in [2.75, 3.05) is 12.8 Å². The molecule has 4 rings (SSSR count). The van der Waals surface area contributed by atoms with E-state index in [0.29, 0.717) is 12.1 Å². The predicted molar refractivity (Wildman–Crippen MR) is 141 cm³/mol. The Hall–Kier alpha value is -3.69. The molecule has 2 aromatic heterocycles. The Labute approximate surface area is 211 Å². The van der Waals surface area contributed by atoms with Crippen molar-refractivity contribution in [3.8, 4) is 9.88 Å². The van der Waals surface area contributed by atoms with Gasteiger partial charge in [0.15, 0.2) is 0 Å². The van der Waals surface area contributed by atoms with Crippen LogP contribution < -0.4 is 11.1 Å². The minimum Gasteiger partial charge on any atom is -0.465 e. The molecule has 0 bridgehead atoms. The molecule has 0 radical (unpaired) electrons. The first kappa shape index (κ1) is 24.4. The van der Waals surface area contributed by atoms with E-state index in [-0.39, 0.29) is 18.4 Å². The lowest BCUT2D eigenvalue weighted by atomic mass is 10.00. The quantitative estimate of drug-likeness (QED) is 0.275. The Morgan fingerprint density at radius 3 is 2.37 bits per heavy atom. The molecule has 0 aliphatic carbocycles. The summed E-state index contributed by atoms with van der Waals surface area (Å²) in [5.74, 6) is -0.317. The van der Waals surface area contributed by atoms with Crippen LogP contribution >= 0.6 is 22.7 Å². The Kier molecular flexibility index (Phi) is 7.79. The molecule has 2 heterocycles. The molecule has 7 nitrogen and oxygen atoms in total. The number of anilines is 1. The van der Waals surface area contributed by atoms with E-state index in [2.05, 4.69) is 5.32 Å². The fourth-order valence-electron chi connectivity index (χ4n) is 3.87. The molecule has 9 heteroatoms. The lowest BCUT2D eigenvalue weighted by molar-refractivity contribution is -0.134. The summed E-state index contributed by atoms with van der Waals surface area (Å²) < 4.78 is 0. The van der Waals surface area contributed by atoms with Gasteiger partial charge in [0.1, 0.15) is 11.0 Å². The monoisotopic (exact) mass is 506 g/mol. The van der Waals surface area contributed by atoms with Crippen LogP contribution in [0.15, 0.2) is 77.5 Å². The van der Waals surface area contributed by atoms with Gasteiger partial charge in [-0.25, -0.2) is 9.78 Å². The Morgan fingerprint density at radius 2 is 1.71 bits per heavy atom. The molecule has 2 amide bonds. The van der Waals surface area contributed by atoms with E-state index in [4.69, 9.17) is 10.7 Å². The Balaban J connectivity index is 1.64. The van der Waals surface area contributed by atoms with E-state index in [9.17, 15) is 14.7 Å². The number of rotatable bonds is 9. The van der Waals surface area contributed by atoms with Gasteiger partial charge in [0.25, 0.3) is 0 Å². The first-order valence-electron chi connectivity index (χ1n) is 11.0. The number of nitrogen functional groups attached to an aromatic ring is 1. The maximum atomic E-state index is 13.6. The van der Waals surface area contributed by atoms with E-state index >= 15 is 0 Å². The van der Waals surface area contributed by atoms with Gasteiger partial charge in [-0.15, -0.1) is 22.7 Å². The van der Waals surface area contributed by atoms with Gasteiger partial charge in [-0.2, -0.15) is 0 Å². The maximum Gasteiger partial charge on any atom is 0.405 e. The van der Waals surface area contributed by atoms with Gasteiger partial charge in [-0.05, 0) is 41.1 Å². The van der Waals surface area contributed by atoms with Crippen molar-refractivity contribution in [3.05, 3.63) is 94.3 Å². The van der Waals surface area contributed by atoms with E-state index in [1.165, 1.54) is 11.3 Å². The van der Waals surface area contributed by atoms with Crippen molar-refractivity contribution in [1.29, 1.82) is 0 Å². The van der Waals surface area contributed by atoms with Crippen LogP contribution in [0.3, 0.4) is 0 Å². The largest absolute Gasteiger partial charge is 0.465 e. The molecule has 0 fully saturated rings. The lowest BCUT2D eigenvalue weighted by Gasteiger charge is -2.31. The van der Waals surface area contributed by atoms with Gasteiger partial charge in [-0.3, -0.25) is 4.79 Å². The number of amides is 2. The number of thiazole rings is 1. The van der Waals surface area contributed by atoms with Crippen molar-refractivity contribution in [3.63, 3.8) is 0 Å². The number of carbonyl (C=O) groups is 2. The van der Waals surface area contributed by atoms with Gasteiger partial charge in [0.2, 0.25) is 5.91 Å². The molecule has 0 spiro atoms. The molecule has 1 unspecified atom stereocenters. The smallest absolute Gasteiger partial charge is 0.405 e. The summed E-state index contributed by atoms with van der Waals surface area (Å²) in [4.78, 5) is 32.7. The molecule has 0 saturated carbocycles. The summed E-state index contributed by atoms with van der Waals surface area (Å²) in [6.07, 6.45) is -0.472. The third kappa shape index (κ3) is 6.26. The van der Waals surface area contributed by atoms with Crippen molar-refractivity contribution in [2.24, 2.45) is 0 Å². The average molecular weight is 507 g/mol. The second-order valence-corrected chi connectivity index (χ2v) is 9.96. The first-order chi connectivity index (χ1) is 16.9. The van der Waals surface area contributed by atoms with Gasteiger partial charge in [-0.1, -0.05) is 48.5 Å². The highest BCUT2D eigenvalue weighted by atomic mass is 32.1. The zero-order chi connectivity index (χ0) is 24.8. The highest BCUT2D eigenvalue weighted by molar-refractivity contribution is 7.20. The molecular formula is C26H26N4O3S2. The van der Waals surface area contributed by atoms with Crippen molar-refractivity contribution in [2.45, 2.75) is 24.9 Å². The van der Waals surface area contributed by atoms with Gasteiger partial charge >= 0.3 is 6.09 Å². The zero-order valence-corrected chi connectivity index (χ0v) is 20.8. The normalized spacial score (nSPS) is 12.6. The van der Waals surface area contributed by atoms with Gasteiger partial charge in [0.05, 0.1) is 16.6 Å². The molecule has 2 atom stereocenters. The number of carboxylic acid groups (broad SMARTS) is 1. The fraction of sp³-hybridized carbons (Fsp3) is 0.192. The van der Waals surface area contributed by atoms with Gasteiger partial charge < -0.3 is 21.1 Å². The molecule has 2 aromatic carbocycles. The number of hydrogen-bond acceptors (Lipinski definition) is 6. The highest BCUT2D eigenvalue weighted by Crippen LogP contribution is 2.33. The number of nitrogens with two attached hydrogens (primary N) is 1. The summed E-state index contributed by atoms with van der Waals surface area (Å²) in [5, 5.41) is 16.7. The second-order valence-electron chi connectivity index (χ2n) is 8.16. The minimum atomic E-state index is -1.24. The Morgan fingerprint density at radius 1 is 1.00 bits per heavy atom. The number of carbonyl (C=O) groups excluding carboxylic acids is 1. The fourth-order valence-corrected chi connectivity index (χ4v) is 5.55. The molecule has 35 heavy (non-hydrogen) atoms. The number of benzene rings is 2. The second kappa shape index (κ2) is 11.2. The lowest BCUT2D eigenvalue weighted by Crippen LogP contribution is -2.49. The summed E-state index contributed by atoms with van der Waals surface area (Å²) >= 11 is 3.14. The summed E-state index contributed by atoms with van der Waals surface area (Å²) in [5.41, 5.74) is 9.16. The molecule has 0 aliphatic heterocycles. The first-order valence-corrected chi connectivity index (χ1v) is 12.8. The van der Waals surface area contributed by atoms with Crippen LogP contribution in [-0.4, -0.2) is 40.1 Å². The van der Waals surface area contributed by atoms with Crippen LogP contribution in [0.5, 0.6) is 0 Å². The predicted octanol–water partition coefficient (Wildman–Crippen LogP) is 5.07. The van der Waals surface area contributed by atoms with Crippen molar-refractivity contribution < 1.29 is 14.7 Å². The van der Waals surface area contributed by atoms with Crippen LogP contribution in [0.25, 0.3) is 9.88 Å². The maximum absolute atomic E-state index is 13.6. The molecule has 0 saturated heterocycles. The minimum absolute atomic E-state index is 0.252. The number of nitrogens with zero attached hydrogens (tertiary/aromatic N) is 2. The third-order valence-electron chi connectivity index (χ3n) is 5.70. The van der Waals surface area contributed by atoms with Crippen LogP contribution in [-0.2, 0) is 17.6 Å². The number of nitrogens with one attached hydrogen (secondary N) is 1. The number of aromatic nitrogens is 1. The topological polar surface area (TPSA) is 109 Å². The van der Waals surface area contributed by atoms with Crippen molar-refractivity contribution in [1.82, 2.24) is 15.2 Å². The van der Waals surface area contributed by atoms with Gasteiger partial charge in [0, 0.05) is 24.5 Å². The molecule has 0 aliphatic rings. The molecule has 4 N–H and O–H groups in total. The summed E-state index contributed by atoms with van der Waals surface area (Å²) in [6, 6.07) is 19.6. The summed E-state index contributed by atoms with van der Waals surface area (Å²) in [6.45, 7) is 0. The SMILES string of the molecule is CN(C(=O)C(Cc1ccccc1)NC(=O)O)[C@@H](Cc1ccc(N)cc1)c1csc(-c2cccs2)n1. The van der Waals surface area contributed by atoms with E-state index < -0.39 is 12.1 Å². The highest BCUT2D eigenvalue weighted by Gasteiger charge is 2.31. The summed E-state index contributed by atoms with van der Waals surface area (Å²) in [7, 11) is 1.70. The third-order valence-corrected chi connectivity index (χ3v) is 7.60. The van der Waals surface area contributed by atoms with Crippen LogP contribution in [0.1, 0.15) is 22.9 Å². The van der Waals surface area contributed by atoms with Crippen molar-refractivity contribution >= 4 is 40.4 Å². The number of hydrogen-bond donors (Lipinski definition) is 3. The van der Waals surface area contributed by atoms with E-state index in [1.54, 1.807) is 23.3 Å². The standard InChI is InChI=1S/C26H26N4O3S2/c1-30(25(31)20(29-26(32)33)14-17-6-3-2-4-7-17)22(15-18-9-11-19(27)12-10-18)21-16-35-24(28-21)23-8-5-13-34-23/h2-13,16,20,22,29H,14-15,27H2,1H3,(H,32,33)/t20?,22-/m0/s1. The molecule has 4 aromatic rings. The van der Waals surface area contributed by atoms with Crippen LogP contribution in [0.4, 0.5) is 10.5 Å². The van der Waals surface area contributed by atoms with E-state index in [1.807, 2.05) is 77.5 Å².